The molecule has 1 aliphatic heterocycles. The molecule has 2 aromatic rings. The van der Waals surface area contributed by atoms with Gasteiger partial charge in [0, 0.05) is 51.6 Å². The predicted molar refractivity (Wildman–Crippen MR) is 140 cm³/mol. The molecule has 32 heavy (non-hydrogen) atoms. The van der Waals surface area contributed by atoms with E-state index in [1.165, 1.54) is 5.56 Å². The number of pyridine rings is 1. The molecule has 0 spiro atoms. The maximum atomic E-state index is 5.51. The fraction of sp³-hybridized carbons (Fsp3) is 0.500. The lowest BCUT2D eigenvalue weighted by atomic mass is 10.0. The smallest absolute Gasteiger partial charge is 0.213 e. The van der Waals surface area contributed by atoms with Crippen LogP contribution in [0.15, 0.2) is 53.7 Å². The molecule has 8 heteroatoms. The normalized spacial score (nSPS) is 15.1. The van der Waals surface area contributed by atoms with Gasteiger partial charge in [-0.25, -0.2) is 9.98 Å². The molecule has 7 nitrogen and oxygen atoms in total. The Morgan fingerprint density at radius 1 is 1.09 bits per heavy atom. The number of aliphatic imine (C=N–C) groups is 1. The van der Waals surface area contributed by atoms with E-state index in [1.54, 1.807) is 7.11 Å². The van der Waals surface area contributed by atoms with Crippen LogP contribution in [0.3, 0.4) is 0 Å². The van der Waals surface area contributed by atoms with E-state index < -0.39 is 0 Å². The van der Waals surface area contributed by atoms with Gasteiger partial charge >= 0.3 is 0 Å². The minimum Gasteiger partial charge on any atom is -0.475 e. The van der Waals surface area contributed by atoms with Crippen molar-refractivity contribution < 1.29 is 9.47 Å². The molecule has 3 rings (SSSR count). The zero-order chi connectivity index (χ0) is 21.7. The number of ether oxygens (including phenoxy) is 2. The first-order valence-electron chi connectivity index (χ1n) is 11.1. The maximum absolute atomic E-state index is 5.51. The van der Waals surface area contributed by atoms with Crippen LogP contribution in [0, 0.1) is 0 Å². The van der Waals surface area contributed by atoms with Gasteiger partial charge in [-0.15, -0.1) is 24.0 Å². The van der Waals surface area contributed by atoms with Crippen LogP contribution < -0.4 is 15.4 Å². The molecule has 0 bridgehead atoms. The van der Waals surface area contributed by atoms with Crippen LogP contribution in [0.2, 0.25) is 0 Å². The standard InChI is InChI=1S/C24H35N5O2.HI/c1-3-25-24(27-18-21-9-10-23(26-17-21)31-16-15-30-2)28-22-11-13-29(14-12-22)19-20-7-5-4-6-8-20;/h4-10,17,22H,3,11-16,18-19H2,1-2H3,(H2,25,27,28);1H. The second-order valence-corrected chi connectivity index (χ2v) is 7.72. The number of hydrogen-bond donors (Lipinski definition) is 2. The number of guanidine groups is 1. The van der Waals surface area contributed by atoms with Gasteiger partial charge in [0.05, 0.1) is 13.2 Å². The van der Waals surface area contributed by atoms with Crippen molar-refractivity contribution in [3.05, 3.63) is 59.8 Å². The van der Waals surface area contributed by atoms with Crippen molar-refractivity contribution in [3.63, 3.8) is 0 Å². The molecule has 0 radical (unpaired) electrons. The number of rotatable bonds is 10. The van der Waals surface area contributed by atoms with Crippen LogP contribution in [0.4, 0.5) is 0 Å². The maximum Gasteiger partial charge on any atom is 0.213 e. The quantitative estimate of drug-likeness (QED) is 0.203. The molecule has 0 atom stereocenters. The molecule has 0 amide bonds. The lowest BCUT2D eigenvalue weighted by Gasteiger charge is -2.33. The fourth-order valence-corrected chi connectivity index (χ4v) is 3.58. The number of halogens is 1. The second kappa shape index (κ2) is 15.0. The average molecular weight is 553 g/mol. The molecule has 176 valence electrons. The van der Waals surface area contributed by atoms with Crippen LogP contribution in [0.5, 0.6) is 5.88 Å². The summed E-state index contributed by atoms with van der Waals surface area (Å²) >= 11 is 0. The third kappa shape index (κ3) is 9.30. The van der Waals surface area contributed by atoms with E-state index in [1.807, 2.05) is 18.3 Å². The second-order valence-electron chi connectivity index (χ2n) is 7.72. The van der Waals surface area contributed by atoms with Crippen molar-refractivity contribution in [2.24, 2.45) is 4.99 Å². The summed E-state index contributed by atoms with van der Waals surface area (Å²) in [6.07, 6.45) is 4.05. The average Bonchev–Trinajstić information content (AvgIpc) is 2.81. The first-order valence-corrected chi connectivity index (χ1v) is 11.1. The number of hydrogen-bond acceptors (Lipinski definition) is 5. The highest BCUT2D eigenvalue weighted by Gasteiger charge is 2.20. The fourth-order valence-electron chi connectivity index (χ4n) is 3.58. The summed E-state index contributed by atoms with van der Waals surface area (Å²) in [5.41, 5.74) is 2.43. The van der Waals surface area contributed by atoms with E-state index in [0.717, 1.165) is 50.5 Å². The first-order chi connectivity index (χ1) is 15.3. The number of methoxy groups -OCH3 is 1. The van der Waals surface area contributed by atoms with Crippen molar-refractivity contribution in [1.29, 1.82) is 0 Å². The van der Waals surface area contributed by atoms with Crippen molar-refractivity contribution in [2.75, 3.05) is 40.0 Å². The molecule has 2 heterocycles. The number of benzene rings is 1. The molecule has 1 aromatic carbocycles. The van der Waals surface area contributed by atoms with Gasteiger partial charge in [-0.2, -0.15) is 0 Å². The Morgan fingerprint density at radius 3 is 2.53 bits per heavy atom. The van der Waals surface area contributed by atoms with Crippen molar-refractivity contribution in [3.8, 4) is 5.88 Å². The molecule has 1 fully saturated rings. The van der Waals surface area contributed by atoms with E-state index in [4.69, 9.17) is 14.5 Å². The Kier molecular flexibility index (Phi) is 12.4. The van der Waals surface area contributed by atoms with Gasteiger partial charge in [0.1, 0.15) is 6.61 Å². The Labute approximate surface area is 209 Å². The first kappa shape index (κ1) is 26.3. The number of nitrogens with one attached hydrogen (secondary N) is 2. The Morgan fingerprint density at radius 2 is 1.88 bits per heavy atom. The topological polar surface area (TPSA) is 71.0 Å². The minimum atomic E-state index is 0. The highest BCUT2D eigenvalue weighted by Crippen LogP contribution is 2.14. The molecule has 1 saturated heterocycles. The molecular weight excluding hydrogens is 517 g/mol. The number of piperidine rings is 1. The lowest BCUT2D eigenvalue weighted by molar-refractivity contribution is 0.143. The summed E-state index contributed by atoms with van der Waals surface area (Å²) in [7, 11) is 1.65. The van der Waals surface area contributed by atoms with Crippen LogP contribution >= 0.6 is 24.0 Å². The van der Waals surface area contributed by atoms with Crippen molar-refractivity contribution >= 4 is 29.9 Å². The van der Waals surface area contributed by atoms with Crippen LogP contribution in [-0.4, -0.2) is 61.8 Å². The number of likely N-dealkylation sites (tertiary alicyclic amines) is 1. The van der Waals surface area contributed by atoms with E-state index in [-0.39, 0.29) is 24.0 Å². The summed E-state index contributed by atoms with van der Waals surface area (Å²) in [6.45, 7) is 7.78. The number of aromatic nitrogens is 1. The van der Waals surface area contributed by atoms with Gasteiger partial charge in [0.25, 0.3) is 0 Å². The summed E-state index contributed by atoms with van der Waals surface area (Å²) in [6, 6.07) is 15.0. The third-order valence-corrected chi connectivity index (χ3v) is 5.28. The minimum absolute atomic E-state index is 0. The highest BCUT2D eigenvalue weighted by molar-refractivity contribution is 14.0. The lowest BCUT2D eigenvalue weighted by Crippen LogP contribution is -2.48. The Bertz CT molecular complexity index is 781. The Balaban J connectivity index is 0.00000363. The summed E-state index contributed by atoms with van der Waals surface area (Å²) in [4.78, 5) is 11.6. The van der Waals surface area contributed by atoms with E-state index in [0.29, 0.717) is 31.7 Å². The molecule has 0 saturated carbocycles. The van der Waals surface area contributed by atoms with Gasteiger partial charge in [-0.1, -0.05) is 36.4 Å². The zero-order valence-corrected chi connectivity index (χ0v) is 21.5. The van der Waals surface area contributed by atoms with E-state index in [2.05, 4.69) is 57.8 Å². The van der Waals surface area contributed by atoms with E-state index in [9.17, 15) is 0 Å². The Hall–Kier alpha value is -1.91. The summed E-state index contributed by atoms with van der Waals surface area (Å²) in [5, 5.41) is 6.97. The van der Waals surface area contributed by atoms with Crippen molar-refractivity contribution in [1.82, 2.24) is 20.5 Å². The van der Waals surface area contributed by atoms with Gasteiger partial charge < -0.3 is 20.1 Å². The summed E-state index contributed by atoms with van der Waals surface area (Å²) in [5.74, 6) is 1.47. The molecule has 0 unspecified atom stereocenters. The SMILES string of the molecule is CCNC(=NCc1ccc(OCCOC)nc1)NC1CCN(Cc2ccccc2)CC1.I. The predicted octanol–water partition coefficient (Wildman–Crippen LogP) is 3.44. The molecule has 0 aliphatic carbocycles. The van der Waals surface area contributed by atoms with E-state index >= 15 is 0 Å². The molecular formula is C24H36IN5O2. The van der Waals surface area contributed by atoms with Gasteiger partial charge in [0.2, 0.25) is 5.88 Å². The highest BCUT2D eigenvalue weighted by atomic mass is 127. The van der Waals surface area contributed by atoms with Gasteiger partial charge in [0.15, 0.2) is 5.96 Å². The number of nitrogens with zero attached hydrogens (tertiary/aromatic N) is 3. The van der Waals surface area contributed by atoms with Crippen LogP contribution in [0.1, 0.15) is 30.9 Å². The summed E-state index contributed by atoms with van der Waals surface area (Å²) < 4.78 is 10.5. The molecule has 2 N–H and O–H groups in total. The monoisotopic (exact) mass is 553 g/mol. The van der Waals surface area contributed by atoms with Crippen LogP contribution in [0.25, 0.3) is 0 Å². The molecule has 1 aromatic heterocycles. The molecule has 1 aliphatic rings. The van der Waals surface area contributed by atoms with Crippen molar-refractivity contribution in [2.45, 2.75) is 38.9 Å². The largest absolute Gasteiger partial charge is 0.475 e. The third-order valence-electron chi connectivity index (χ3n) is 5.28. The van der Waals surface area contributed by atoms with Gasteiger partial charge in [-0.3, -0.25) is 4.90 Å². The van der Waals surface area contributed by atoms with Crippen LogP contribution in [-0.2, 0) is 17.8 Å². The zero-order valence-electron chi connectivity index (χ0n) is 19.1. The van der Waals surface area contributed by atoms with Gasteiger partial charge in [-0.05, 0) is 30.9 Å².